The van der Waals surface area contributed by atoms with Gasteiger partial charge >= 0.3 is 0 Å². The molecule has 0 amide bonds. The van der Waals surface area contributed by atoms with Crippen molar-refractivity contribution in [1.82, 2.24) is 4.90 Å². The second kappa shape index (κ2) is 8.05. The van der Waals surface area contributed by atoms with Crippen LogP contribution in [-0.2, 0) is 0 Å². The molecule has 0 aromatic heterocycles. The number of nitrogens with two attached hydrogens (primary N) is 1. The van der Waals surface area contributed by atoms with Gasteiger partial charge in [-0.15, -0.1) is 0 Å². The fraction of sp³-hybridized carbons (Fsp3) is 1.00. The predicted molar refractivity (Wildman–Crippen MR) is 62.7 cm³/mol. The lowest BCUT2D eigenvalue weighted by molar-refractivity contribution is 0.154. The first-order valence-corrected chi connectivity index (χ1v) is 5.70. The molecule has 0 radical (unpaired) electrons. The Morgan fingerprint density at radius 3 is 2.00 bits per heavy atom. The van der Waals surface area contributed by atoms with Crippen molar-refractivity contribution in [2.45, 2.75) is 26.7 Å². The second-order valence-electron chi connectivity index (χ2n) is 4.76. The summed E-state index contributed by atoms with van der Waals surface area (Å²) in [7, 11) is 0. The highest BCUT2D eigenvalue weighted by atomic mass is 16.3. The smallest absolute Gasteiger partial charge is 0.0558 e. The van der Waals surface area contributed by atoms with Crippen LogP contribution in [-0.4, -0.2) is 54.5 Å². The Labute approximate surface area is 93.1 Å². The minimum absolute atomic E-state index is 0.153. The molecule has 0 saturated carbocycles. The van der Waals surface area contributed by atoms with E-state index in [0.29, 0.717) is 19.6 Å². The topological polar surface area (TPSA) is 69.7 Å². The maximum Gasteiger partial charge on any atom is 0.0558 e. The molecule has 0 spiro atoms. The third kappa shape index (κ3) is 7.73. The summed E-state index contributed by atoms with van der Waals surface area (Å²) in [4.78, 5) is 2.08. The summed E-state index contributed by atoms with van der Waals surface area (Å²) in [5, 5.41) is 17.7. The van der Waals surface area contributed by atoms with Gasteiger partial charge in [0.05, 0.1) is 13.2 Å². The highest BCUT2D eigenvalue weighted by Crippen LogP contribution is 2.20. The van der Waals surface area contributed by atoms with Crippen LogP contribution >= 0.6 is 0 Å². The van der Waals surface area contributed by atoms with Crippen LogP contribution in [0.15, 0.2) is 0 Å². The summed E-state index contributed by atoms with van der Waals surface area (Å²) in [6.45, 7) is 7.54. The molecule has 0 aliphatic carbocycles. The Bertz CT molecular complexity index is 146. The van der Waals surface area contributed by atoms with E-state index < -0.39 is 0 Å². The van der Waals surface area contributed by atoms with Crippen molar-refractivity contribution < 1.29 is 10.2 Å². The van der Waals surface area contributed by atoms with Gasteiger partial charge in [0.15, 0.2) is 0 Å². The maximum absolute atomic E-state index is 8.83. The number of hydrogen-bond acceptors (Lipinski definition) is 4. The lowest BCUT2D eigenvalue weighted by atomic mass is 9.88. The van der Waals surface area contributed by atoms with Crippen molar-refractivity contribution >= 4 is 0 Å². The molecule has 0 atom stereocenters. The molecule has 4 nitrogen and oxygen atoms in total. The van der Waals surface area contributed by atoms with E-state index in [4.69, 9.17) is 15.9 Å². The van der Waals surface area contributed by atoms with Crippen LogP contribution in [0.2, 0.25) is 0 Å². The highest BCUT2D eigenvalue weighted by Gasteiger charge is 2.15. The molecular weight excluding hydrogens is 192 g/mol. The Kier molecular flexibility index (Phi) is 7.96. The molecule has 0 saturated heterocycles. The molecule has 0 fully saturated rings. The molecule has 4 heteroatoms. The SMILES string of the molecule is CC(C)(CN)CCCN(CCO)CCO. The van der Waals surface area contributed by atoms with Gasteiger partial charge in [-0.2, -0.15) is 0 Å². The molecule has 0 aromatic carbocycles. The van der Waals surface area contributed by atoms with Crippen LogP contribution in [0.4, 0.5) is 0 Å². The summed E-state index contributed by atoms with van der Waals surface area (Å²) in [5.41, 5.74) is 5.85. The minimum atomic E-state index is 0.153. The Balaban J connectivity index is 3.69. The number of aliphatic hydroxyl groups is 2. The van der Waals surface area contributed by atoms with Gasteiger partial charge in [0.25, 0.3) is 0 Å². The van der Waals surface area contributed by atoms with Gasteiger partial charge in [-0.25, -0.2) is 0 Å². The van der Waals surface area contributed by atoms with Crippen molar-refractivity contribution in [2.24, 2.45) is 11.1 Å². The van der Waals surface area contributed by atoms with E-state index in [1.165, 1.54) is 0 Å². The van der Waals surface area contributed by atoms with E-state index in [1.807, 2.05) is 0 Å². The zero-order valence-electron chi connectivity index (χ0n) is 10.1. The monoisotopic (exact) mass is 218 g/mol. The zero-order chi connectivity index (χ0) is 11.7. The van der Waals surface area contributed by atoms with Gasteiger partial charge in [-0.3, -0.25) is 4.90 Å². The third-order valence-corrected chi connectivity index (χ3v) is 2.71. The highest BCUT2D eigenvalue weighted by molar-refractivity contribution is 4.70. The molecule has 0 aromatic rings. The standard InChI is InChI=1S/C11H26N2O2/c1-11(2,10-12)4-3-5-13(6-8-14)7-9-15/h14-15H,3-10,12H2,1-2H3. The molecule has 0 aliphatic rings. The fourth-order valence-electron chi connectivity index (χ4n) is 1.50. The number of nitrogens with zero attached hydrogens (tertiary/aromatic N) is 1. The van der Waals surface area contributed by atoms with E-state index in [0.717, 1.165) is 19.4 Å². The van der Waals surface area contributed by atoms with E-state index in [9.17, 15) is 0 Å². The Morgan fingerprint density at radius 2 is 1.60 bits per heavy atom. The zero-order valence-corrected chi connectivity index (χ0v) is 10.1. The second-order valence-corrected chi connectivity index (χ2v) is 4.76. The summed E-state index contributed by atoms with van der Waals surface area (Å²) in [6.07, 6.45) is 2.14. The normalized spacial score (nSPS) is 12.4. The van der Waals surface area contributed by atoms with E-state index in [-0.39, 0.29) is 18.6 Å². The quantitative estimate of drug-likeness (QED) is 0.511. The average molecular weight is 218 g/mol. The molecule has 0 aliphatic heterocycles. The summed E-state index contributed by atoms with van der Waals surface area (Å²) < 4.78 is 0. The van der Waals surface area contributed by atoms with Crippen LogP contribution in [0.25, 0.3) is 0 Å². The van der Waals surface area contributed by atoms with Crippen molar-refractivity contribution in [2.75, 3.05) is 39.4 Å². The predicted octanol–water partition coefficient (Wildman–Crippen LogP) is 0.0381. The lowest BCUT2D eigenvalue weighted by Crippen LogP contribution is -2.32. The van der Waals surface area contributed by atoms with E-state index >= 15 is 0 Å². The first-order valence-electron chi connectivity index (χ1n) is 5.70. The van der Waals surface area contributed by atoms with Crippen molar-refractivity contribution in [3.05, 3.63) is 0 Å². The van der Waals surface area contributed by atoms with E-state index in [2.05, 4.69) is 18.7 Å². The Morgan fingerprint density at radius 1 is 1.07 bits per heavy atom. The van der Waals surface area contributed by atoms with Crippen molar-refractivity contribution in [3.63, 3.8) is 0 Å². The minimum Gasteiger partial charge on any atom is -0.395 e. The summed E-state index contributed by atoms with van der Waals surface area (Å²) >= 11 is 0. The number of aliphatic hydroxyl groups excluding tert-OH is 2. The fourth-order valence-corrected chi connectivity index (χ4v) is 1.50. The van der Waals surface area contributed by atoms with Crippen LogP contribution in [0.1, 0.15) is 26.7 Å². The summed E-state index contributed by atoms with van der Waals surface area (Å²) in [5.74, 6) is 0. The lowest BCUT2D eigenvalue weighted by Gasteiger charge is -2.25. The summed E-state index contributed by atoms with van der Waals surface area (Å²) in [6, 6.07) is 0. The van der Waals surface area contributed by atoms with Crippen LogP contribution in [0, 0.1) is 5.41 Å². The number of rotatable bonds is 9. The molecule has 0 unspecified atom stereocenters. The van der Waals surface area contributed by atoms with Gasteiger partial charge in [0.2, 0.25) is 0 Å². The third-order valence-electron chi connectivity index (χ3n) is 2.71. The van der Waals surface area contributed by atoms with Gasteiger partial charge in [0, 0.05) is 13.1 Å². The van der Waals surface area contributed by atoms with Crippen molar-refractivity contribution in [3.8, 4) is 0 Å². The van der Waals surface area contributed by atoms with Gasteiger partial charge in [0.1, 0.15) is 0 Å². The van der Waals surface area contributed by atoms with Gasteiger partial charge < -0.3 is 15.9 Å². The van der Waals surface area contributed by atoms with Crippen LogP contribution in [0.3, 0.4) is 0 Å². The molecule has 0 rings (SSSR count). The molecule has 4 N–H and O–H groups in total. The van der Waals surface area contributed by atoms with Crippen LogP contribution < -0.4 is 5.73 Å². The first-order chi connectivity index (χ1) is 7.05. The Hall–Kier alpha value is -0.160. The van der Waals surface area contributed by atoms with Crippen molar-refractivity contribution in [1.29, 1.82) is 0 Å². The number of hydrogen-bond donors (Lipinski definition) is 3. The molecular formula is C11H26N2O2. The van der Waals surface area contributed by atoms with Crippen LogP contribution in [0.5, 0.6) is 0 Å². The first kappa shape index (κ1) is 14.8. The molecule has 0 bridgehead atoms. The van der Waals surface area contributed by atoms with Gasteiger partial charge in [-0.05, 0) is 31.3 Å². The largest absolute Gasteiger partial charge is 0.395 e. The van der Waals surface area contributed by atoms with Gasteiger partial charge in [-0.1, -0.05) is 13.8 Å². The average Bonchev–Trinajstić information content (AvgIpc) is 2.18. The maximum atomic E-state index is 8.83. The molecule has 92 valence electrons. The molecule has 0 heterocycles. The molecule has 15 heavy (non-hydrogen) atoms. The van der Waals surface area contributed by atoms with E-state index in [1.54, 1.807) is 0 Å².